The van der Waals surface area contributed by atoms with Gasteiger partial charge in [-0.2, -0.15) is 0 Å². The van der Waals surface area contributed by atoms with E-state index in [-0.39, 0.29) is 0 Å². The molecule has 1 fully saturated rings. The van der Waals surface area contributed by atoms with Gasteiger partial charge in [0.25, 0.3) is 0 Å². The number of methoxy groups -OCH3 is 1. The highest BCUT2D eigenvalue weighted by Crippen LogP contribution is 2.04. The summed E-state index contributed by atoms with van der Waals surface area (Å²) in [6.45, 7) is 8.22. The molecule has 1 saturated heterocycles. The first kappa shape index (κ1) is 13.4. The fraction of sp³-hybridized carbons (Fsp3) is 1.00. The topological polar surface area (TPSA) is 15.7 Å². The fourth-order valence-corrected chi connectivity index (χ4v) is 2.53. The molecule has 90 valence electrons. The van der Waals surface area contributed by atoms with Crippen molar-refractivity contribution in [3.63, 3.8) is 0 Å². The first-order chi connectivity index (χ1) is 7.36. The van der Waals surface area contributed by atoms with Crippen LogP contribution in [0.4, 0.5) is 0 Å². The average Bonchev–Trinajstić information content (AvgIpc) is 2.45. The van der Waals surface area contributed by atoms with E-state index >= 15 is 0 Å². The quantitative estimate of drug-likeness (QED) is 0.540. The number of ether oxygens (including phenoxy) is 1. The molecule has 1 aliphatic heterocycles. The van der Waals surface area contributed by atoms with E-state index in [2.05, 4.69) is 25.7 Å². The third-order valence-corrected chi connectivity index (χ3v) is 3.26. The van der Waals surface area contributed by atoms with Crippen molar-refractivity contribution in [3.8, 4) is 0 Å². The molecule has 0 amide bonds. The Morgan fingerprint density at radius 3 is 2.33 bits per heavy atom. The van der Waals surface area contributed by atoms with Crippen LogP contribution in [0.2, 0.25) is 0 Å². The molecule has 0 N–H and O–H groups in total. The standard InChI is InChI=1S/C11H23BrN2O/c1-15-11-3-7-13-5-2-6-14(8-4-12)10-9-13/h2-11H2,1H3. The van der Waals surface area contributed by atoms with Gasteiger partial charge in [-0.3, -0.25) is 0 Å². The first-order valence-electron chi connectivity index (χ1n) is 5.86. The molecule has 0 atom stereocenters. The van der Waals surface area contributed by atoms with Crippen LogP contribution in [-0.2, 0) is 4.74 Å². The molecule has 0 saturated carbocycles. The van der Waals surface area contributed by atoms with Crippen molar-refractivity contribution >= 4 is 15.9 Å². The zero-order valence-corrected chi connectivity index (χ0v) is 11.3. The Morgan fingerprint density at radius 2 is 1.73 bits per heavy atom. The maximum absolute atomic E-state index is 5.08. The number of hydrogen-bond acceptors (Lipinski definition) is 3. The number of nitrogens with zero attached hydrogens (tertiary/aromatic N) is 2. The average molecular weight is 279 g/mol. The van der Waals surface area contributed by atoms with Crippen molar-refractivity contribution in [2.24, 2.45) is 0 Å². The van der Waals surface area contributed by atoms with E-state index in [0.717, 1.165) is 18.4 Å². The minimum absolute atomic E-state index is 0.890. The van der Waals surface area contributed by atoms with Gasteiger partial charge in [-0.1, -0.05) is 15.9 Å². The third kappa shape index (κ3) is 5.85. The number of rotatable bonds is 6. The van der Waals surface area contributed by atoms with E-state index in [9.17, 15) is 0 Å². The smallest absolute Gasteiger partial charge is 0.0474 e. The highest BCUT2D eigenvalue weighted by atomic mass is 79.9. The SMILES string of the molecule is COCCCN1CCCN(CCBr)CC1. The van der Waals surface area contributed by atoms with Crippen molar-refractivity contribution in [3.05, 3.63) is 0 Å². The van der Waals surface area contributed by atoms with Gasteiger partial charge in [0, 0.05) is 45.2 Å². The summed E-state index contributed by atoms with van der Waals surface area (Å²) in [5, 5.41) is 1.09. The summed E-state index contributed by atoms with van der Waals surface area (Å²) in [7, 11) is 1.78. The molecule has 3 nitrogen and oxygen atoms in total. The number of hydrogen-bond donors (Lipinski definition) is 0. The van der Waals surface area contributed by atoms with Gasteiger partial charge >= 0.3 is 0 Å². The molecular weight excluding hydrogens is 256 g/mol. The minimum atomic E-state index is 0.890. The van der Waals surface area contributed by atoms with Crippen molar-refractivity contribution < 1.29 is 4.74 Å². The van der Waals surface area contributed by atoms with Crippen LogP contribution in [0, 0.1) is 0 Å². The Balaban J connectivity index is 2.14. The molecule has 0 radical (unpaired) electrons. The van der Waals surface area contributed by atoms with Crippen molar-refractivity contribution in [2.75, 3.05) is 58.3 Å². The normalized spacial score (nSPS) is 20.4. The van der Waals surface area contributed by atoms with Crippen molar-refractivity contribution in [1.29, 1.82) is 0 Å². The van der Waals surface area contributed by atoms with E-state index in [0.29, 0.717) is 0 Å². The van der Waals surface area contributed by atoms with Gasteiger partial charge in [-0.25, -0.2) is 0 Å². The first-order valence-corrected chi connectivity index (χ1v) is 6.98. The van der Waals surface area contributed by atoms with Gasteiger partial charge in [0.1, 0.15) is 0 Å². The summed E-state index contributed by atoms with van der Waals surface area (Å²) in [5.74, 6) is 0. The van der Waals surface area contributed by atoms with E-state index < -0.39 is 0 Å². The summed E-state index contributed by atoms with van der Waals surface area (Å²) in [6, 6.07) is 0. The van der Waals surface area contributed by atoms with Crippen LogP contribution in [0.15, 0.2) is 0 Å². The van der Waals surface area contributed by atoms with E-state index in [1.54, 1.807) is 7.11 Å². The molecule has 4 heteroatoms. The van der Waals surface area contributed by atoms with Gasteiger partial charge in [0.15, 0.2) is 0 Å². The molecule has 0 aromatic carbocycles. The predicted molar refractivity (Wildman–Crippen MR) is 67.8 cm³/mol. The lowest BCUT2D eigenvalue weighted by molar-refractivity contribution is 0.172. The fourth-order valence-electron chi connectivity index (χ4n) is 2.02. The molecule has 15 heavy (non-hydrogen) atoms. The zero-order chi connectivity index (χ0) is 10.9. The van der Waals surface area contributed by atoms with Crippen LogP contribution in [0.3, 0.4) is 0 Å². The van der Waals surface area contributed by atoms with Gasteiger partial charge < -0.3 is 14.5 Å². The van der Waals surface area contributed by atoms with E-state index in [4.69, 9.17) is 4.74 Å². The zero-order valence-electron chi connectivity index (χ0n) is 9.75. The third-order valence-electron chi connectivity index (χ3n) is 2.90. The maximum Gasteiger partial charge on any atom is 0.0474 e. The second-order valence-electron chi connectivity index (χ2n) is 4.07. The van der Waals surface area contributed by atoms with Crippen LogP contribution >= 0.6 is 15.9 Å². The molecule has 0 aromatic rings. The molecule has 1 aliphatic rings. The maximum atomic E-state index is 5.08. The van der Waals surface area contributed by atoms with Crippen molar-refractivity contribution in [1.82, 2.24) is 9.80 Å². The van der Waals surface area contributed by atoms with Crippen LogP contribution in [0.1, 0.15) is 12.8 Å². The summed E-state index contributed by atoms with van der Waals surface area (Å²) in [6.07, 6.45) is 2.47. The lowest BCUT2D eigenvalue weighted by atomic mass is 10.3. The lowest BCUT2D eigenvalue weighted by Gasteiger charge is -2.20. The van der Waals surface area contributed by atoms with Gasteiger partial charge in [0.05, 0.1) is 0 Å². The largest absolute Gasteiger partial charge is 0.385 e. The number of halogens is 1. The Kier molecular flexibility index (Phi) is 7.61. The predicted octanol–water partition coefficient (Wildman–Crippen LogP) is 1.43. The Labute approximate surface area is 102 Å². The van der Waals surface area contributed by atoms with Gasteiger partial charge in [0.2, 0.25) is 0 Å². The second kappa shape index (κ2) is 8.50. The monoisotopic (exact) mass is 278 g/mol. The molecule has 1 rings (SSSR count). The highest BCUT2D eigenvalue weighted by molar-refractivity contribution is 9.09. The van der Waals surface area contributed by atoms with E-state index in [1.807, 2.05) is 0 Å². The van der Waals surface area contributed by atoms with Crippen LogP contribution in [0.5, 0.6) is 0 Å². The van der Waals surface area contributed by atoms with Crippen LogP contribution in [-0.4, -0.2) is 68.1 Å². The molecule has 0 aliphatic carbocycles. The van der Waals surface area contributed by atoms with Gasteiger partial charge in [-0.15, -0.1) is 0 Å². The molecular formula is C11H23BrN2O. The molecule has 0 spiro atoms. The molecule has 0 unspecified atom stereocenters. The summed E-state index contributed by atoms with van der Waals surface area (Å²) in [4.78, 5) is 5.11. The van der Waals surface area contributed by atoms with Crippen LogP contribution in [0.25, 0.3) is 0 Å². The molecule has 0 bridgehead atoms. The second-order valence-corrected chi connectivity index (χ2v) is 4.87. The Bertz CT molecular complexity index is 158. The summed E-state index contributed by atoms with van der Waals surface area (Å²) in [5.41, 5.74) is 0. The lowest BCUT2D eigenvalue weighted by Crippen LogP contribution is -2.32. The molecule has 0 aromatic heterocycles. The van der Waals surface area contributed by atoms with Gasteiger partial charge in [-0.05, 0) is 25.9 Å². The Morgan fingerprint density at radius 1 is 1.07 bits per heavy atom. The van der Waals surface area contributed by atoms with Crippen LogP contribution < -0.4 is 0 Å². The summed E-state index contributed by atoms with van der Waals surface area (Å²) < 4.78 is 5.08. The number of alkyl halides is 1. The highest BCUT2D eigenvalue weighted by Gasteiger charge is 2.13. The Hall–Kier alpha value is 0.360. The minimum Gasteiger partial charge on any atom is -0.385 e. The van der Waals surface area contributed by atoms with E-state index in [1.165, 1.54) is 45.7 Å². The van der Waals surface area contributed by atoms with Crippen molar-refractivity contribution in [2.45, 2.75) is 12.8 Å². The summed E-state index contributed by atoms with van der Waals surface area (Å²) >= 11 is 3.50. The molecule has 1 heterocycles.